The third-order valence-electron chi connectivity index (χ3n) is 7.12. The first-order valence-corrected chi connectivity index (χ1v) is 11.8. The van der Waals surface area contributed by atoms with E-state index in [1.54, 1.807) is 0 Å². The molecule has 3 aliphatic heterocycles. The standard InChI is InChI=1S/C20H29N5O3.C2H4O2/c26-17-7-3-6-15-13-8-14(10-21-9-13)18(25(15)17)19(27)22-11-16-23-20(28-24-16)12-4-1-2-5-12;1-2(3)4/h12-15,18,21H,1-11H2,(H,22,27);1H3,(H,3,4)/t13-,14+,15+,18-;/m1./s1. The topological polar surface area (TPSA) is 138 Å². The first-order chi connectivity index (χ1) is 15.4. The van der Waals surface area contributed by atoms with Crippen molar-refractivity contribution in [3.05, 3.63) is 11.7 Å². The number of amides is 2. The van der Waals surface area contributed by atoms with Crippen molar-refractivity contribution < 1.29 is 24.0 Å². The molecular weight excluding hydrogens is 414 g/mol. The molecule has 10 heteroatoms. The Hall–Kier alpha value is -2.49. The number of rotatable bonds is 4. The molecule has 4 aliphatic rings. The average Bonchev–Trinajstić information content (AvgIpc) is 3.45. The van der Waals surface area contributed by atoms with Crippen LogP contribution in [0.25, 0.3) is 0 Å². The van der Waals surface area contributed by atoms with Gasteiger partial charge in [-0.3, -0.25) is 14.4 Å². The summed E-state index contributed by atoms with van der Waals surface area (Å²) in [6, 6.07) is -0.191. The molecule has 0 aromatic carbocycles. The van der Waals surface area contributed by atoms with Gasteiger partial charge in [-0.15, -0.1) is 0 Å². The van der Waals surface area contributed by atoms with Gasteiger partial charge in [-0.25, -0.2) is 0 Å². The number of nitrogens with one attached hydrogen (secondary N) is 2. The first-order valence-electron chi connectivity index (χ1n) is 11.8. The maximum absolute atomic E-state index is 13.1. The van der Waals surface area contributed by atoms with E-state index < -0.39 is 5.97 Å². The minimum atomic E-state index is -0.833. The monoisotopic (exact) mass is 447 g/mol. The zero-order valence-corrected chi connectivity index (χ0v) is 18.6. The van der Waals surface area contributed by atoms with Gasteiger partial charge in [0.1, 0.15) is 6.04 Å². The predicted octanol–water partition coefficient (Wildman–Crippen LogP) is 1.42. The van der Waals surface area contributed by atoms with Crippen molar-refractivity contribution in [1.29, 1.82) is 0 Å². The summed E-state index contributed by atoms with van der Waals surface area (Å²) < 4.78 is 5.41. The van der Waals surface area contributed by atoms with Crippen molar-refractivity contribution in [3.8, 4) is 0 Å². The van der Waals surface area contributed by atoms with Crippen molar-refractivity contribution in [2.75, 3.05) is 13.1 Å². The van der Waals surface area contributed by atoms with Gasteiger partial charge in [0.15, 0.2) is 5.82 Å². The third kappa shape index (κ3) is 4.95. The number of carbonyl (C=O) groups is 3. The summed E-state index contributed by atoms with van der Waals surface area (Å²) in [6.45, 7) is 3.08. The highest BCUT2D eigenvalue weighted by Gasteiger charge is 2.50. The third-order valence-corrected chi connectivity index (χ3v) is 7.12. The first kappa shape index (κ1) is 22.7. The Labute approximate surface area is 187 Å². The largest absolute Gasteiger partial charge is 0.481 e. The highest BCUT2D eigenvalue weighted by molar-refractivity contribution is 5.89. The minimum Gasteiger partial charge on any atom is -0.481 e. The number of aliphatic carboxylic acids is 1. The van der Waals surface area contributed by atoms with Gasteiger partial charge in [0.25, 0.3) is 5.97 Å². The molecule has 4 fully saturated rings. The lowest BCUT2D eigenvalue weighted by Gasteiger charge is -2.53. The van der Waals surface area contributed by atoms with Gasteiger partial charge in [-0.2, -0.15) is 4.98 Å². The Kier molecular flexibility index (Phi) is 7.07. The smallest absolute Gasteiger partial charge is 0.300 e. The molecule has 0 radical (unpaired) electrons. The number of hydrogen-bond acceptors (Lipinski definition) is 7. The van der Waals surface area contributed by atoms with E-state index in [1.165, 1.54) is 12.8 Å². The molecule has 1 aromatic rings. The van der Waals surface area contributed by atoms with Gasteiger partial charge in [0, 0.05) is 37.8 Å². The quantitative estimate of drug-likeness (QED) is 0.630. The fourth-order valence-corrected chi connectivity index (χ4v) is 5.80. The molecule has 32 heavy (non-hydrogen) atoms. The van der Waals surface area contributed by atoms with Crippen LogP contribution in [-0.4, -0.2) is 63.1 Å². The minimum absolute atomic E-state index is 0.0837. The summed E-state index contributed by atoms with van der Waals surface area (Å²) in [6.07, 6.45) is 8.14. The van der Waals surface area contributed by atoms with E-state index in [4.69, 9.17) is 14.4 Å². The molecular formula is C22H33N5O5. The van der Waals surface area contributed by atoms with Crippen molar-refractivity contribution in [2.45, 2.75) is 82.8 Å². The van der Waals surface area contributed by atoms with Gasteiger partial charge in [0.05, 0.1) is 6.54 Å². The highest BCUT2D eigenvalue weighted by atomic mass is 16.5. The summed E-state index contributed by atoms with van der Waals surface area (Å²) >= 11 is 0. The van der Waals surface area contributed by atoms with Crippen LogP contribution >= 0.6 is 0 Å². The van der Waals surface area contributed by atoms with Crippen LogP contribution < -0.4 is 10.6 Å². The van der Waals surface area contributed by atoms with Crippen LogP contribution in [0.1, 0.15) is 75.9 Å². The number of aromatic nitrogens is 2. The van der Waals surface area contributed by atoms with E-state index >= 15 is 0 Å². The lowest BCUT2D eigenvalue weighted by molar-refractivity contribution is -0.157. The molecule has 0 spiro atoms. The fraction of sp³-hybridized carbons (Fsp3) is 0.773. The van der Waals surface area contributed by atoms with E-state index in [-0.39, 0.29) is 36.4 Å². The van der Waals surface area contributed by atoms with Gasteiger partial charge in [-0.1, -0.05) is 18.0 Å². The van der Waals surface area contributed by atoms with Gasteiger partial charge in [-0.05, 0) is 44.6 Å². The van der Waals surface area contributed by atoms with Crippen LogP contribution in [0.4, 0.5) is 0 Å². The van der Waals surface area contributed by atoms with Gasteiger partial charge < -0.3 is 25.2 Å². The second-order valence-corrected chi connectivity index (χ2v) is 9.39. The molecule has 10 nitrogen and oxygen atoms in total. The number of piperidine rings is 3. The molecule has 1 saturated carbocycles. The summed E-state index contributed by atoms with van der Waals surface area (Å²) in [7, 11) is 0. The van der Waals surface area contributed by atoms with E-state index in [0.717, 1.165) is 52.1 Å². The second-order valence-electron chi connectivity index (χ2n) is 9.39. The Bertz CT molecular complexity index is 832. The van der Waals surface area contributed by atoms with Crippen LogP contribution in [0.3, 0.4) is 0 Å². The molecule has 2 bridgehead atoms. The van der Waals surface area contributed by atoms with Gasteiger partial charge >= 0.3 is 0 Å². The number of fused-ring (bicyclic) bond motifs is 4. The van der Waals surface area contributed by atoms with Crippen molar-refractivity contribution in [2.24, 2.45) is 11.8 Å². The molecule has 0 unspecified atom stereocenters. The molecule has 3 N–H and O–H groups in total. The molecule has 1 aromatic heterocycles. The average molecular weight is 448 g/mol. The molecule has 4 atom stereocenters. The fourth-order valence-electron chi connectivity index (χ4n) is 5.80. The number of hydrogen-bond donors (Lipinski definition) is 3. The van der Waals surface area contributed by atoms with E-state index in [0.29, 0.717) is 30.0 Å². The summed E-state index contributed by atoms with van der Waals surface area (Å²) in [5, 5.41) is 17.9. The van der Waals surface area contributed by atoms with Crippen molar-refractivity contribution in [1.82, 2.24) is 25.7 Å². The maximum Gasteiger partial charge on any atom is 0.300 e. The van der Waals surface area contributed by atoms with E-state index in [1.807, 2.05) is 4.90 Å². The Balaban J connectivity index is 0.000000567. The van der Waals surface area contributed by atoms with Gasteiger partial charge in [0.2, 0.25) is 17.7 Å². The second kappa shape index (κ2) is 9.97. The van der Waals surface area contributed by atoms with Crippen molar-refractivity contribution >= 4 is 17.8 Å². The number of nitrogens with zero attached hydrogens (tertiary/aromatic N) is 3. The van der Waals surface area contributed by atoms with Crippen LogP contribution in [0.2, 0.25) is 0 Å². The van der Waals surface area contributed by atoms with Crippen LogP contribution in [-0.2, 0) is 20.9 Å². The summed E-state index contributed by atoms with van der Waals surface area (Å²) in [4.78, 5) is 41.2. The summed E-state index contributed by atoms with van der Waals surface area (Å²) in [5.74, 6) is 1.45. The molecule has 3 saturated heterocycles. The molecule has 1 aliphatic carbocycles. The molecule has 5 rings (SSSR count). The normalized spacial score (nSPS) is 29.7. The zero-order valence-electron chi connectivity index (χ0n) is 18.6. The maximum atomic E-state index is 13.1. The molecule has 4 heterocycles. The van der Waals surface area contributed by atoms with Crippen LogP contribution in [0.5, 0.6) is 0 Å². The van der Waals surface area contributed by atoms with E-state index in [9.17, 15) is 9.59 Å². The Morgan fingerprint density at radius 2 is 1.91 bits per heavy atom. The number of carbonyl (C=O) groups excluding carboxylic acids is 2. The Morgan fingerprint density at radius 3 is 2.66 bits per heavy atom. The summed E-state index contributed by atoms with van der Waals surface area (Å²) in [5.41, 5.74) is 0. The number of carboxylic acids is 1. The zero-order chi connectivity index (χ0) is 22.7. The highest BCUT2D eigenvalue weighted by Crippen LogP contribution is 2.39. The number of carboxylic acid groups (broad SMARTS) is 1. The van der Waals surface area contributed by atoms with Crippen LogP contribution in [0.15, 0.2) is 4.52 Å². The predicted molar refractivity (Wildman–Crippen MR) is 113 cm³/mol. The molecule has 176 valence electrons. The van der Waals surface area contributed by atoms with Crippen LogP contribution in [0, 0.1) is 11.8 Å². The van der Waals surface area contributed by atoms with Crippen molar-refractivity contribution in [3.63, 3.8) is 0 Å². The SMILES string of the molecule is CC(=O)O.O=C(NCc1noc(C2CCCC2)n1)[C@H]1[C@@H]2CNC[C@@H](C2)[C@@H]2CCCC(=O)N21. The molecule has 2 amide bonds. The lowest BCUT2D eigenvalue weighted by atomic mass is 9.72. The Morgan fingerprint density at radius 1 is 1.19 bits per heavy atom. The lowest BCUT2D eigenvalue weighted by Crippen LogP contribution is -2.67. The van der Waals surface area contributed by atoms with E-state index in [2.05, 4.69) is 20.8 Å².